The molecule has 230 valence electrons. The molecule has 3 heterocycles. The summed E-state index contributed by atoms with van der Waals surface area (Å²) in [6, 6.07) is 20.8. The number of hydrogen-bond donors (Lipinski definition) is 1. The Morgan fingerprint density at radius 3 is 2.56 bits per heavy atom. The number of nitrogens with one attached hydrogen (secondary N) is 1. The topological polar surface area (TPSA) is 94.9 Å². The van der Waals surface area contributed by atoms with Gasteiger partial charge in [0.05, 0.1) is 42.3 Å². The number of hydrogen-bond acceptors (Lipinski definition) is 7. The summed E-state index contributed by atoms with van der Waals surface area (Å²) in [5.74, 6) is 0.590. The van der Waals surface area contributed by atoms with Crippen LogP contribution in [-0.4, -0.2) is 36.3 Å². The fourth-order valence-corrected chi connectivity index (χ4v) is 6.97. The number of esters is 1. The van der Waals surface area contributed by atoms with Crippen molar-refractivity contribution in [2.75, 3.05) is 20.8 Å². The number of allylic oxidation sites excluding steroid dienone is 1. The summed E-state index contributed by atoms with van der Waals surface area (Å²) in [7, 11) is 3.15. The van der Waals surface area contributed by atoms with Gasteiger partial charge in [-0.3, -0.25) is 9.36 Å². The number of H-pyrrole nitrogens is 1. The van der Waals surface area contributed by atoms with Gasteiger partial charge in [0.2, 0.25) is 0 Å². The van der Waals surface area contributed by atoms with Crippen LogP contribution in [0.5, 0.6) is 11.5 Å². The summed E-state index contributed by atoms with van der Waals surface area (Å²) in [5.41, 5.74) is 6.28. The number of benzene rings is 3. The minimum atomic E-state index is -0.826. The Labute approximate surface area is 264 Å². The SMILES string of the molecule is CCCC1=C(C(=O)OCC)[C@H](c2cc(OC)ccc2OC)n2c(s/c(=C\c3c(-c4ccccc4)[nH]c4c(C)cccc34)c2=O)=N1. The second-order valence-corrected chi connectivity index (χ2v) is 11.8. The highest BCUT2D eigenvalue weighted by molar-refractivity contribution is 7.07. The second-order valence-electron chi connectivity index (χ2n) is 10.8. The molecule has 0 amide bonds. The summed E-state index contributed by atoms with van der Waals surface area (Å²) in [6.45, 7) is 6.06. The Kier molecular flexibility index (Phi) is 8.45. The summed E-state index contributed by atoms with van der Waals surface area (Å²) in [6.07, 6.45) is 3.24. The van der Waals surface area contributed by atoms with Crippen molar-refractivity contribution < 1.29 is 19.0 Å². The average molecular weight is 622 g/mol. The van der Waals surface area contributed by atoms with Crippen LogP contribution in [0.4, 0.5) is 0 Å². The Balaban J connectivity index is 1.67. The monoisotopic (exact) mass is 621 g/mol. The van der Waals surface area contributed by atoms with Crippen LogP contribution in [0.3, 0.4) is 0 Å². The summed E-state index contributed by atoms with van der Waals surface area (Å²) >= 11 is 1.31. The quantitative estimate of drug-likeness (QED) is 0.202. The Bertz CT molecular complexity index is 2120. The van der Waals surface area contributed by atoms with Gasteiger partial charge in [0.25, 0.3) is 5.56 Å². The fraction of sp³-hybridized carbons (Fsp3) is 0.250. The molecule has 5 aromatic rings. The fourth-order valence-electron chi connectivity index (χ4n) is 5.97. The molecule has 0 saturated carbocycles. The first-order valence-corrected chi connectivity index (χ1v) is 15.8. The molecule has 0 aliphatic carbocycles. The Hall–Kier alpha value is -4.89. The molecule has 8 nitrogen and oxygen atoms in total. The summed E-state index contributed by atoms with van der Waals surface area (Å²) < 4.78 is 19.0. The van der Waals surface area contributed by atoms with Gasteiger partial charge < -0.3 is 19.2 Å². The smallest absolute Gasteiger partial charge is 0.338 e. The third kappa shape index (κ3) is 5.37. The largest absolute Gasteiger partial charge is 0.497 e. The number of aromatic amines is 1. The highest BCUT2D eigenvalue weighted by Crippen LogP contribution is 2.39. The van der Waals surface area contributed by atoms with Crippen molar-refractivity contribution in [1.82, 2.24) is 9.55 Å². The van der Waals surface area contributed by atoms with Gasteiger partial charge in [-0.1, -0.05) is 73.2 Å². The maximum absolute atomic E-state index is 14.5. The first-order valence-electron chi connectivity index (χ1n) is 15.0. The van der Waals surface area contributed by atoms with E-state index < -0.39 is 12.0 Å². The lowest BCUT2D eigenvalue weighted by atomic mass is 9.93. The minimum absolute atomic E-state index is 0.191. The molecule has 9 heteroatoms. The predicted molar refractivity (Wildman–Crippen MR) is 178 cm³/mol. The molecule has 45 heavy (non-hydrogen) atoms. The van der Waals surface area contributed by atoms with Crippen molar-refractivity contribution in [1.29, 1.82) is 0 Å². The molecule has 3 aromatic carbocycles. The number of nitrogens with zero attached hydrogens (tertiary/aromatic N) is 2. The molecule has 0 unspecified atom stereocenters. The molecule has 1 aliphatic heterocycles. The molecule has 0 fully saturated rings. The first-order chi connectivity index (χ1) is 21.9. The first kappa shape index (κ1) is 30.1. The van der Waals surface area contributed by atoms with Crippen LogP contribution in [0, 0.1) is 6.92 Å². The van der Waals surface area contributed by atoms with E-state index in [1.165, 1.54) is 11.3 Å². The lowest BCUT2D eigenvalue weighted by molar-refractivity contribution is -0.139. The number of aromatic nitrogens is 2. The molecule has 6 rings (SSSR count). The Morgan fingerprint density at radius 1 is 1.04 bits per heavy atom. The van der Waals surface area contributed by atoms with Crippen molar-refractivity contribution >= 4 is 34.3 Å². The van der Waals surface area contributed by atoms with Crippen LogP contribution in [0.2, 0.25) is 0 Å². The van der Waals surface area contributed by atoms with Crippen molar-refractivity contribution in [2.24, 2.45) is 4.99 Å². The number of fused-ring (bicyclic) bond motifs is 2. The average Bonchev–Trinajstić information content (AvgIpc) is 3.58. The molecule has 0 bridgehead atoms. The Morgan fingerprint density at radius 2 is 1.84 bits per heavy atom. The number of carbonyl (C=O) groups excluding carboxylic acids is 1. The van der Waals surface area contributed by atoms with Crippen molar-refractivity contribution in [2.45, 2.75) is 39.7 Å². The van der Waals surface area contributed by atoms with Crippen LogP contribution in [-0.2, 0) is 9.53 Å². The van der Waals surface area contributed by atoms with Crippen LogP contribution >= 0.6 is 11.3 Å². The number of ether oxygens (including phenoxy) is 3. The van der Waals surface area contributed by atoms with Crippen molar-refractivity contribution in [3.63, 3.8) is 0 Å². The normalized spacial score (nSPS) is 14.8. The minimum Gasteiger partial charge on any atom is -0.497 e. The van der Waals surface area contributed by atoms with Crippen LogP contribution in [0.15, 0.2) is 87.8 Å². The molecular weight excluding hydrogens is 586 g/mol. The predicted octanol–water partition coefficient (Wildman–Crippen LogP) is 6.05. The van der Waals surface area contributed by atoms with Gasteiger partial charge in [-0.2, -0.15) is 0 Å². The van der Waals surface area contributed by atoms with E-state index in [4.69, 9.17) is 19.2 Å². The molecule has 0 spiro atoms. The second kappa shape index (κ2) is 12.6. The van der Waals surface area contributed by atoms with E-state index in [-0.39, 0.29) is 12.2 Å². The number of rotatable bonds is 9. The third-order valence-corrected chi connectivity index (χ3v) is 9.03. The molecule has 2 aromatic heterocycles. The van der Waals surface area contributed by atoms with Crippen LogP contribution < -0.4 is 24.4 Å². The van der Waals surface area contributed by atoms with E-state index in [2.05, 4.69) is 36.2 Å². The molecule has 1 atom stereocenters. The van der Waals surface area contributed by atoms with Gasteiger partial charge >= 0.3 is 5.97 Å². The zero-order chi connectivity index (χ0) is 31.7. The molecular formula is C36H35N3O5S. The van der Waals surface area contributed by atoms with E-state index in [1.807, 2.05) is 43.3 Å². The van der Waals surface area contributed by atoms with E-state index >= 15 is 0 Å². The number of aryl methyl sites for hydroxylation is 1. The maximum Gasteiger partial charge on any atom is 0.338 e. The van der Waals surface area contributed by atoms with Gasteiger partial charge in [0, 0.05) is 22.0 Å². The molecule has 1 aliphatic rings. The van der Waals surface area contributed by atoms with E-state index in [0.717, 1.165) is 39.7 Å². The zero-order valence-electron chi connectivity index (χ0n) is 26.0. The maximum atomic E-state index is 14.5. The van der Waals surface area contributed by atoms with Gasteiger partial charge in [0.1, 0.15) is 17.5 Å². The van der Waals surface area contributed by atoms with Crippen LogP contribution in [0.1, 0.15) is 49.4 Å². The van der Waals surface area contributed by atoms with Crippen LogP contribution in [0.25, 0.3) is 28.2 Å². The van der Waals surface area contributed by atoms with Gasteiger partial charge in [-0.25, -0.2) is 9.79 Å². The third-order valence-electron chi connectivity index (χ3n) is 8.04. The lowest BCUT2D eigenvalue weighted by Crippen LogP contribution is -2.40. The zero-order valence-corrected chi connectivity index (χ0v) is 26.8. The van der Waals surface area contributed by atoms with Gasteiger partial charge in [-0.15, -0.1) is 0 Å². The highest BCUT2D eigenvalue weighted by atomic mass is 32.1. The summed E-state index contributed by atoms with van der Waals surface area (Å²) in [5, 5.41) is 1.02. The molecule has 1 N–H and O–H groups in total. The van der Waals surface area contributed by atoms with Gasteiger partial charge in [0.15, 0.2) is 4.80 Å². The number of carbonyl (C=O) groups is 1. The number of para-hydroxylation sites is 1. The standard InChI is InChI=1S/C36H35N3O5S/c1-6-12-27-30(35(41)44-7-2)33(26-19-23(42-4)17-18-28(26)43-5)39-34(40)29(45-36(39)37-27)20-25-24-16-11-13-21(3)31(24)38-32(25)22-14-9-8-10-15-22/h8-11,13-20,33,38H,6-7,12H2,1-5H3/b29-20-/t33-/m0/s1. The van der Waals surface area contributed by atoms with E-state index in [1.54, 1.807) is 37.8 Å². The van der Waals surface area contributed by atoms with E-state index in [9.17, 15) is 9.59 Å². The number of thiazole rings is 1. The van der Waals surface area contributed by atoms with E-state index in [0.29, 0.717) is 44.1 Å². The lowest BCUT2D eigenvalue weighted by Gasteiger charge is -2.27. The van der Waals surface area contributed by atoms with Gasteiger partial charge in [-0.05, 0) is 55.7 Å². The molecule has 0 radical (unpaired) electrons. The van der Waals surface area contributed by atoms with Crippen molar-refractivity contribution in [3.05, 3.63) is 114 Å². The summed E-state index contributed by atoms with van der Waals surface area (Å²) in [4.78, 5) is 37.2. The molecule has 0 saturated heterocycles. The highest BCUT2D eigenvalue weighted by Gasteiger charge is 2.36. The number of methoxy groups -OCH3 is 2. The van der Waals surface area contributed by atoms with Crippen molar-refractivity contribution in [3.8, 4) is 22.8 Å².